The fraction of sp³-hybridized carbons (Fsp3) is 0.130. The maximum Gasteiger partial charge on any atom is 0.272 e. The minimum absolute atomic E-state index is 0.256. The molecule has 0 saturated carbocycles. The standard InChI is InChI=1S/C23H19BrCl2N2O3/c1-2-30-22-11-16(5-10-21(22)31-14-15-3-6-17(24)7-4-15)13-27-28-23(29)19-9-8-18(25)12-20(19)26/h3-13H,2,14H2,1H3,(H,28,29)/b27-13+. The largest absolute Gasteiger partial charge is 0.490 e. The number of carbonyl (C=O) groups excluding carboxylic acids is 1. The van der Waals surface area contributed by atoms with Crippen molar-refractivity contribution in [2.75, 3.05) is 6.61 Å². The number of nitrogens with one attached hydrogen (secondary N) is 1. The molecule has 3 aromatic rings. The number of carbonyl (C=O) groups is 1. The molecule has 160 valence electrons. The van der Waals surface area contributed by atoms with E-state index in [2.05, 4.69) is 26.5 Å². The average molecular weight is 522 g/mol. The van der Waals surface area contributed by atoms with Gasteiger partial charge in [-0.05, 0) is 66.6 Å². The molecule has 8 heteroatoms. The van der Waals surface area contributed by atoms with Crippen LogP contribution in [0.2, 0.25) is 10.0 Å². The normalized spacial score (nSPS) is 10.8. The first-order valence-corrected chi connectivity index (χ1v) is 10.9. The summed E-state index contributed by atoms with van der Waals surface area (Å²) < 4.78 is 12.6. The highest BCUT2D eigenvalue weighted by atomic mass is 79.9. The number of halogens is 3. The summed E-state index contributed by atoms with van der Waals surface area (Å²) in [5.41, 5.74) is 4.52. The van der Waals surface area contributed by atoms with Gasteiger partial charge in [0.15, 0.2) is 11.5 Å². The van der Waals surface area contributed by atoms with Crippen molar-refractivity contribution in [3.8, 4) is 11.5 Å². The Labute approximate surface area is 199 Å². The van der Waals surface area contributed by atoms with Crippen LogP contribution in [0.4, 0.5) is 0 Å². The molecule has 0 saturated heterocycles. The third-order valence-electron chi connectivity index (χ3n) is 4.13. The van der Waals surface area contributed by atoms with E-state index in [9.17, 15) is 4.79 Å². The second-order valence-electron chi connectivity index (χ2n) is 6.38. The van der Waals surface area contributed by atoms with Crippen molar-refractivity contribution in [3.05, 3.63) is 91.9 Å². The minimum Gasteiger partial charge on any atom is -0.490 e. The van der Waals surface area contributed by atoms with E-state index in [1.165, 1.54) is 12.3 Å². The molecule has 0 fully saturated rings. The molecular formula is C23H19BrCl2N2O3. The predicted molar refractivity (Wildman–Crippen MR) is 128 cm³/mol. The maximum atomic E-state index is 12.2. The Morgan fingerprint density at radius 1 is 1.03 bits per heavy atom. The van der Waals surface area contributed by atoms with E-state index >= 15 is 0 Å². The summed E-state index contributed by atoms with van der Waals surface area (Å²) >= 11 is 15.3. The number of ether oxygens (including phenoxy) is 2. The van der Waals surface area contributed by atoms with Gasteiger partial charge in [0.2, 0.25) is 0 Å². The zero-order chi connectivity index (χ0) is 22.2. The van der Waals surface area contributed by atoms with Gasteiger partial charge in [-0.1, -0.05) is 51.3 Å². The molecule has 0 aliphatic rings. The monoisotopic (exact) mass is 520 g/mol. The van der Waals surface area contributed by atoms with E-state index in [-0.39, 0.29) is 10.6 Å². The average Bonchev–Trinajstić information content (AvgIpc) is 2.74. The minimum atomic E-state index is -0.433. The van der Waals surface area contributed by atoms with Crippen molar-refractivity contribution < 1.29 is 14.3 Å². The summed E-state index contributed by atoms with van der Waals surface area (Å²) in [6.07, 6.45) is 1.52. The van der Waals surface area contributed by atoms with Gasteiger partial charge < -0.3 is 9.47 Å². The molecule has 1 N–H and O–H groups in total. The summed E-state index contributed by atoms with van der Waals surface area (Å²) in [7, 11) is 0. The highest BCUT2D eigenvalue weighted by Gasteiger charge is 2.10. The van der Waals surface area contributed by atoms with Gasteiger partial charge in [0.05, 0.1) is 23.4 Å². The van der Waals surface area contributed by atoms with E-state index in [1.807, 2.05) is 43.3 Å². The molecule has 0 aliphatic carbocycles. The molecule has 0 atom stereocenters. The van der Waals surface area contributed by atoms with Gasteiger partial charge >= 0.3 is 0 Å². The van der Waals surface area contributed by atoms with E-state index in [0.717, 1.165) is 15.6 Å². The van der Waals surface area contributed by atoms with Crippen LogP contribution in [0, 0.1) is 0 Å². The molecule has 5 nitrogen and oxygen atoms in total. The van der Waals surface area contributed by atoms with Crippen molar-refractivity contribution in [1.82, 2.24) is 5.43 Å². The van der Waals surface area contributed by atoms with Crippen LogP contribution in [0.5, 0.6) is 11.5 Å². The Morgan fingerprint density at radius 3 is 2.52 bits per heavy atom. The molecule has 0 unspecified atom stereocenters. The first-order chi connectivity index (χ1) is 15.0. The molecule has 0 aliphatic heterocycles. The van der Waals surface area contributed by atoms with Gasteiger partial charge in [-0.2, -0.15) is 5.10 Å². The number of hydrogen-bond donors (Lipinski definition) is 1. The van der Waals surface area contributed by atoms with Crippen LogP contribution in [0.3, 0.4) is 0 Å². The summed E-state index contributed by atoms with van der Waals surface area (Å²) in [6, 6.07) is 18.0. The van der Waals surface area contributed by atoms with Crippen molar-refractivity contribution in [2.24, 2.45) is 5.10 Å². The van der Waals surface area contributed by atoms with Gasteiger partial charge in [0.25, 0.3) is 5.91 Å². The van der Waals surface area contributed by atoms with Crippen LogP contribution >= 0.6 is 39.1 Å². The molecule has 1 amide bonds. The zero-order valence-corrected chi connectivity index (χ0v) is 19.7. The zero-order valence-electron chi connectivity index (χ0n) is 16.6. The second-order valence-corrected chi connectivity index (χ2v) is 8.14. The SMILES string of the molecule is CCOc1cc(/C=N/NC(=O)c2ccc(Cl)cc2Cl)ccc1OCc1ccc(Br)cc1. The van der Waals surface area contributed by atoms with Gasteiger partial charge in [-0.25, -0.2) is 5.43 Å². The van der Waals surface area contributed by atoms with Crippen LogP contribution in [0.15, 0.2) is 70.2 Å². The van der Waals surface area contributed by atoms with Gasteiger partial charge in [0.1, 0.15) is 6.61 Å². The van der Waals surface area contributed by atoms with Crippen LogP contribution in [-0.4, -0.2) is 18.7 Å². The number of hydrazone groups is 1. The number of benzene rings is 3. The van der Waals surface area contributed by atoms with Crippen LogP contribution in [-0.2, 0) is 6.61 Å². The molecule has 0 heterocycles. The maximum absolute atomic E-state index is 12.2. The smallest absolute Gasteiger partial charge is 0.272 e. The first kappa shape index (κ1) is 23.1. The summed E-state index contributed by atoms with van der Waals surface area (Å²) in [4.78, 5) is 12.2. The van der Waals surface area contributed by atoms with Gasteiger partial charge in [-0.3, -0.25) is 4.79 Å². The Hall–Kier alpha value is -2.54. The second kappa shape index (κ2) is 11.2. The van der Waals surface area contributed by atoms with Gasteiger partial charge in [-0.15, -0.1) is 0 Å². The third kappa shape index (κ3) is 6.72. The number of rotatable bonds is 8. The van der Waals surface area contributed by atoms with E-state index in [4.69, 9.17) is 32.7 Å². The fourth-order valence-corrected chi connectivity index (χ4v) is 3.39. The van der Waals surface area contributed by atoms with Crippen molar-refractivity contribution in [2.45, 2.75) is 13.5 Å². The number of amides is 1. The quantitative estimate of drug-likeness (QED) is 0.272. The van der Waals surface area contributed by atoms with Gasteiger partial charge in [0, 0.05) is 9.50 Å². The Kier molecular flexibility index (Phi) is 8.35. The molecule has 0 spiro atoms. The number of hydrogen-bond acceptors (Lipinski definition) is 4. The van der Waals surface area contributed by atoms with E-state index in [0.29, 0.717) is 29.7 Å². The molecule has 0 radical (unpaired) electrons. The summed E-state index contributed by atoms with van der Waals surface area (Å²) in [5, 5.41) is 4.71. The van der Waals surface area contributed by atoms with E-state index < -0.39 is 5.91 Å². The molecule has 3 aromatic carbocycles. The third-order valence-corrected chi connectivity index (χ3v) is 5.21. The molecule has 3 rings (SSSR count). The lowest BCUT2D eigenvalue weighted by molar-refractivity contribution is 0.0955. The Balaban J connectivity index is 1.66. The van der Waals surface area contributed by atoms with Crippen molar-refractivity contribution in [3.63, 3.8) is 0 Å². The topological polar surface area (TPSA) is 59.9 Å². The molecule has 0 bridgehead atoms. The summed E-state index contributed by atoms with van der Waals surface area (Å²) in [6.45, 7) is 2.80. The van der Waals surface area contributed by atoms with Crippen LogP contribution in [0.1, 0.15) is 28.4 Å². The van der Waals surface area contributed by atoms with Crippen LogP contribution in [0.25, 0.3) is 0 Å². The summed E-state index contributed by atoms with van der Waals surface area (Å²) in [5.74, 6) is 0.784. The van der Waals surface area contributed by atoms with Crippen molar-refractivity contribution >= 4 is 51.3 Å². The molecule has 0 aromatic heterocycles. The first-order valence-electron chi connectivity index (χ1n) is 9.39. The highest BCUT2D eigenvalue weighted by Crippen LogP contribution is 2.29. The lowest BCUT2D eigenvalue weighted by atomic mass is 10.2. The lowest BCUT2D eigenvalue weighted by Crippen LogP contribution is -2.18. The lowest BCUT2D eigenvalue weighted by Gasteiger charge is -2.12. The Bertz CT molecular complexity index is 1090. The van der Waals surface area contributed by atoms with E-state index in [1.54, 1.807) is 18.2 Å². The molecule has 31 heavy (non-hydrogen) atoms. The van der Waals surface area contributed by atoms with Crippen LogP contribution < -0.4 is 14.9 Å². The van der Waals surface area contributed by atoms with Crippen molar-refractivity contribution in [1.29, 1.82) is 0 Å². The molecular weight excluding hydrogens is 503 g/mol. The fourth-order valence-electron chi connectivity index (χ4n) is 2.63. The number of nitrogens with zero attached hydrogens (tertiary/aromatic N) is 1. The Morgan fingerprint density at radius 2 is 1.81 bits per heavy atom. The highest BCUT2D eigenvalue weighted by molar-refractivity contribution is 9.10. The predicted octanol–water partition coefficient (Wildman–Crippen LogP) is 6.50.